The molecule has 0 heterocycles. The molecule has 0 fully saturated rings. The predicted octanol–water partition coefficient (Wildman–Crippen LogP) is 5.17. The lowest BCUT2D eigenvalue weighted by Gasteiger charge is -2.30. The summed E-state index contributed by atoms with van der Waals surface area (Å²) in [6.45, 7) is 16.7. The molecule has 3 heteroatoms. The number of unbranched alkanes of at least 4 members (excludes halogenated alkanes) is 2. The van der Waals surface area contributed by atoms with Gasteiger partial charge in [-0.2, -0.15) is 0 Å². The predicted molar refractivity (Wildman–Crippen MR) is 110 cm³/mol. The molecule has 0 bridgehead atoms. The zero-order chi connectivity index (χ0) is 20.1. The van der Waals surface area contributed by atoms with Crippen LogP contribution in [0.25, 0.3) is 0 Å². The van der Waals surface area contributed by atoms with Gasteiger partial charge in [0.25, 0.3) is 0 Å². The quantitative estimate of drug-likeness (QED) is 0.441. The highest BCUT2D eigenvalue weighted by Crippen LogP contribution is 2.42. The lowest BCUT2D eigenvalue weighted by atomic mass is 9.76. The molecule has 0 amide bonds. The fourth-order valence-electron chi connectivity index (χ4n) is 3.33. The van der Waals surface area contributed by atoms with Crippen LogP contribution in [0, 0.1) is 0 Å². The highest BCUT2D eigenvalue weighted by atomic mass is 16.3. The number of rotatable bonds is 8. The van der Waals surface area contributed by atoms with Gasteiger partial charge in [-0.05, 0) is 40.4 Å². The highest BCUT2D eigenvalue weighted by Gasteiger charge is 2.29. The van der Waals surface area contributed by atoms with Crippen molar-refractivity contribution in [1.29, 1.82) is 0 Å². The summed E-state index contributed by atoms with van der Waals surface area (Å²) in [6, 6.07) is 4.04. The SMILES string of the molecule is C=CC(c1cc(C(C)(C)C)c(O)c(C(C)(C)C)c1)C(O)CCCCCO. The summed E-state index contributed by atoms with van der Waals surface area (Å²) in [5, 5.41) is 30.5. The van der Waals surface area contributed by atoms with Gasteiger partial charge in [0.2, 0.25) is 0 Å². The number of aliphatic hydroxyl groups is 2. The van der Waals surface area contributed by atoms with Gasteiger partial charge < -0.3 is 15.3 Å². The molecule has 1 aromatic rings. The van der Waals surface area contributed by atoms with Crippen LogP contribution < -0.4 is 0 Å². The molecular formula is C23H38O3. The number of phenolic OH excluding ortho intramolecular Hbond substituents is 1. The first-order valence-corrected chi connectivity index (χ1v) is 9.72. The molecule has 0 spiro atoms. The zero-order valence-corrected chi connectivity index (χ0v) is 17.5. The molecular weight excluding hydrogens is 324 g/mol. The van der Waals surface area contributed by atoms with Crippen LogP contribution in [0.2, 0.25) is 0 Å². The van der Waals surface area contributed by atoms with Gasteiger partial charge in [0.1, 0.15) is 5.75 Å². The molecule has 0 aliphatic heterocycles. The largest absolute Gasteiger partial charge is 0.507 e. The van der Waals surface area contributed by atoms with E-state index in [0.717, 1.165) is 36.0 Å². The normalized spacial score (nSPS) is 14.9. The summed E-state index contributed by atoms with van der Waals surface area (Å²) >= 11 is 0. The Balaban J connectivity index is 3.29. The van der Waals surface area contributed by atoms with E-state index in [9.17, 15) is 10.2 Å². The van der Waals surface area contributed by atoms with E-state index in [1.165, 1.54) is 0 Å². The summed E-state index contributed by atoms with van der Waals surface area (Å²) in [5.41, 5.74) is 2.41. The van der Waals surface area contributed by atoms with E-state index < -0.39 is 6.10 Å². The third kappa shape index (κ3) is 5.85. The molecule has 0 aliphatic rings. The molecule has 1 rings (SSSR count). The van der Waals surface area contributed by atoms with Crippen LogP contribution in [0.4, 0.5) is 0 Å². The van der Waals surface area contributed by atoms with Gasteiger partial charge in [0.15, 0.2) is 0 Å². The summed E-state index contributed by atoms with van der Waals surface area (Å²) in [4.78, 5) is 0. The first-order chi connectivity index (χ1) is 11.9. The summed E-state index contributed by atoms with van der Waals surface area (Å²) < 4.78 is 0. The Labute approximate surface area is 159 Å². The molecule has 2 unspecified atom stereocenters. The molecule has 1 aromatic carbocycles. The first-order valence-electron chi connectivity index (χ1n) is 9.72. The average molecular weight is 363 g/mol. The van der Waals surface area contributed by atoms with Gasteiger partial charge in [-0.15, -0.1) is 6.58 Å². The van der Waals surface area contributed by atoms with E-state index in [2.05, 4.69) is 48.1 Å². The maximum atomic E-state index is 10.9. The minimum atomic E-state index is -0.517. The Hall–Kier alpha value is -1.32. The number of benzene rings is 1. The molecule has 0 saturated heterocycles. The molecule has 3 nitrogen and oxygen atoms in total. The van der Waals surface area contributed by atoms with Crippen LogP contribution in [0.5, 0.6) is 5.75 Å². The fraction of sp³-hybridized carbons (Fsp3) is 0.652. The number of hydrogen-bond acceptors (Lipinski definition) is 3. The monoisotopic (exact) mass is 362 g/mol. The van der Waals surface area contributed by atoms with Gasteiger partial charge in [0, 0.05) is 12.5 Å². The van der Waals surface area contributed by atoms with E-state index in [1.54, 1.807) is 0 Å². The molecule has 0 aliphatic carbocycles. The average Bonchev–Trinajstić information content (AvgIpc) is 2.51. The van der Waals surface area contributed by atoms with Gasteiger partial charge in [-0.1, -0.05) is 72.6 Å². The third-order valence-corrected chi connectivity index (χ3v) is 4.96. The van der Waals surface area contributed by atoms with Crippen molar-refractivity contribution in [2.24, 2.45) is 0 Å². The van der Waals surface area contributed by atoms with Crippen molar-refractivity contribution in [3.05, 3.63) is 41.5 Å². The van der Waals surface area contributed by atoms with E-state index >= 15 is 0 Å². The Morgan fingerprint density at radius 1 is 0.962 bits per heavy atom. The smallest absolute Gasteiger partial charge is 0.123 e. The Kier molecular flexibility index (Phi) is 7.91. The maximum Gasteiger partial charge on any atom is 0.123 e. The van der Waals surface area contributed by atoms with E-state index in [4.69, 9.17) is 5.11 Å². The molecule has 148 valence electrons. The van der Waals surface area contributed by atoms with Crippen LogP contribution in [-0.4, -0.2) is 28.0 Å². The lowest BCUT2D eigenvalue weighted by molar-refractivity contribution is 0.144. The van der Waals surface area contributed by atoms with Crippen molar-refractivity contribution in [3.8, 4) is 5.75 Å². The Morgan fingerprint density at radius 3 is 1.85 bits per heavy atom. The van der Waals surface area contributed by atoms with Gasteiger partial charge in [-0.25, -0.2) is 0 Å². The third-order valence-electron chi connectivity index (χ3n) is 4.96. The Morgan fingerprint density at radius 2 is 1.46 bits per heavy atom. The molecule has 26 heavy (non-hydrogen) atoms. The van der Waals surface area contributed by atoms with Crippen LogP contribution in [-0.2, 0) is 10.8 Å². The minimum absolute atomic E-state index is 0.174. The highest BCUT2D eigenvalue weighted by molar-refractivity contribution is 5.51. The van der Waals surface area contributed by atoms with Crippen molar-refractivity contribution in [2.75, 3.05) is 6.61 Å². The molecule has 3 N–H and O–H groups in total. The molecule has 0 aromatic heterocycles. The van der Waals surface area contributed by atoms with E-state index in [1.807, 2.05) is 18.2 Å². The first kappa shape index (κ1) is 22.7. The van der Waals surface area contributed by atoms with E-state index in [0.29, 0.717) is 12.2 Å². The minimum Gasteiger partial charge on any atom is -0.507 e. The van der Waals surface area contributed by atoms with Crippen LogP contribution in [0.3, 0.4) is 0 Å². The molecule has 0 saturated carbocycles. The second-order valence-electron chi connectivity index (χ2n) is 9.37. The summed E-state index contributed by atoms with van der Waals surface area (Å²) in [7, 11) is 0. The standard InChI is InChI=1S/C23H38O3/c1-8-17(20(25)12-10-9-11-13-24)16-14-18(22(2,3)4)21(26)19(15-16)23(5,6)7/h8,14-15,17,20,24-26H,1,9-13H2,2-7H3. The number of aromatic hydroxyl groups is 1. The Bertz CT molecular complexity index is 555. The lowest BCUT2D eigenvalue weighted by Crippen LogP contribution is -2.21. The molecule has 2 atom stereocenters. The summed E-state index contributed by atoms with van der Waals surface area (Å²) in [6.07, 6.45) is 4.52. The fourth-order valence-corrected chi connectivity index (χ4v) is 3.33. The van der Waals surface area contributed by atoms with Crippen molar-refractivity contribution in [2.45, 2.75) is 90.1 Å². The van der Waals surface area contributed by atoms with Crippen molar-refractivity contribution in [1.82, 2.24) is 0 Å². The van der Waals surface area contributed by atoms with E-state index in [-0.39, 0.29) is 23.4 Å². The number of hydrogen-bond donors (Lipinski definition) is 3. The van der Waals surface area contributed by atoms with Gasteiger partial charge in [0.05, 0.1) is 6.10 Å². The topological polar surface area (TPSA) is 60.7 Å². The summed E-state index contributed by atoms with van der Waals surface area (Å²) in [5.74, 6) is 0.181. The van der Waals surface area contributed by atoms with Crippen LogP contribution >= 0.6 is 0 Å². The van der Waals surface area contributed by atoms with Crippen LogP contribution in [0.15, 0.2) is 24.8 Å². The van der Waals surface area contributed by atoms with Crippen molar-refractivity contribution >= 4 is 0 Å². The zero-order valence-electron chi connectivity index (χ0n) is 17.5. The van der Waals surface area contributed by atoms with Gasteiger partial charge >= 0.3 is 0 Å². The number of phenols is 1. The van der Waals surface area contributed by atoms with Crippen molar-refractivity contribution < 1.29 is 15.3 Å². The number of aliphatic hydroxyl groups excluding tert-OH is 2. The second kappa shape index (κ2) is 9.05. The maximum absolute atomic E-state index is 10.9. The van der Waals surface area contributed by atoms with Crippen molar-refractivity contribution in [3.63, 3.8) is 0 Å². The second-order valence-corrected chi connectivity index (χ2v) is 9.37. The molecule has 0 radical (unpaired) electrons. The van der Waals surface area contributed by atoms with Gasteiger partial charge in [-0.3, -0.25) is 0 Å². The van der Waals surface area contributed by atoms with Crippen LogP contribution in [0.1, 0.15) is 89.8 Å².